The Hall–Kier alpha value is -1.51. The summed E-state index contributed by atoms with van der Waals surface area (Å²) in [6.07, 6.45) is 2.48. The average Bonchev–Trinajstić information content (AvgIpc) is 2.47. The van der Waals surface area contributed by atoms with Crippen LogP contribution in [0.4, 0.5) is 5.69 Å². The van der Waals surface area contributed by atoms with E-state index in [2.05, 4.69) is 25.2 Å². The lowest BCUT2D eigenvalue weighted by Crippen LogP contribution is -2.09. The predicted molar refractivity (Wildman–Crippen MR) is 68.7 cm³/mol. The molecule has 0 saturated heterocycles. The quantitative estimate of drug-likeness (QED) is 0.852. The van der Waals surface area contributed by atoms with Crippen LogP contribution in [0.1, 0.15) is 43.7 Å². The molecule has 1 aromatic carbocycles. The molecule has 0 atom stereocenters. The molecule has 3 heteroatoms. The van der Waals surface area contributed by atoms with Crippen LogP contribution in [-0.2, 0) is 11.2 Å². The van der Waals surface area contributed by atoms with Gasteiger partial charge < -0.3 is 10.1 Å². The smallest absolute Gasteiger partial charge is 0.224 e. The molecule has 0 bridgehead atoms. The number of fused-ring (bicyclic) bond motifs is 1. The third kappa shape index (κ3) is 2.43. The highest BCUT2D eigenvalue weighted by atomic mass is 16.5. The molecule has 1 amide bonds. The molecule has 3 nitrogen and oxygen atoms in total. The molecule has 1 heterocycles. The summed E-state index contributed by atoms with van der Waals surface area (Å²) in [6.45, 7) is 4.30. The van der Waals surface area contributed by atoms with Gasteiger partial charge in [-0.1, -0.05) is 13.8 Å². The molecule has 1 aliphatic heterocycles. The highest BCUT2D eigenvalue weighted by Crippen LogP contribution is 2.34. The van der Waals surface area contributed by atoms with Crippen molar-refractivity contribution in [1.82, 2.24) is 0 Å². The molecule has 2 rings (SSSR count). The summed E-state index contributed by atoms with van der Waals surface area (Å²) in [7, 11) is 1.67. The Morgan fingerprint density at radius 2 is 2.06 bits per heavy atom. The Labute approximate surface area is 102 Å². The van der Waals surface area contributed by atoms with Crippen LogP contribution in [-0.4, -0.2) is 13.0 Å². The van der Waals surface area contributed by atoms with E-state index in [1.54, 1.807) is 7.11 Å². The van der Waals surface area contributed by atoms with Crippen LogP contribution < -0.4 is 10.1 Å². The summed E-state index contributed by atoms with van der Waals surface area (Å²) in [6, 6.07) is 4.12. The van der Waals surface area contributed by atoms with Crippen LogP contribution in [0.2, 0.25) is 0 Å². The molecule has 0 aliphatic carbocycles. The summed E-state index contributed by atoms with van der Waals surface area (Å²) in [5, 5.41) is 2.94. The Bertz CT molecular complexity index is 438. The van der Waals surface area contributed by atoms with Crippen molar-refractivity contribution in [3.8, 4) is 5.75 Å². The molecule has 0 spiro atoms. The highest BCUT2D eigenvalue weighted by Gasteiger charge is 2.17. The SMILES string of the molecule is COc1cc2c(cc1C(C)C)CCCC(=O)N2. The van der Waals surface area contributed by atoms with E-state index in [0.717, 1.165) is 24.3 Å². The summed E-state index contributed by atoms with van der Waals surface area (Å²) < 4.78 is 5.40. The topological polar surface area (TPSA) is 38.3 Å². The number of aryl methyl sites for hydroxylation is 1. The van der Waals surface area contributed by atoms with Crippen LogP contribution in [0.25, 0.3) is 0 Å². The van der Waals surface area contributed by atoms with E-state index in [9.17, 15) is 4.79 Å². The van der Waals surface area contributed by atoms with Gasteiger partial charge in [-0.25, -0.2) is 0 Å². The molecular weight excluding hydrogens is 214 g/mol. The lowest BCUT2D eigenvalue weighted by atomic mass is 9.96. The van der Waals surface area contributed by atoms with E-state index in [-0.39, 0.29) is 5.91 Å². The lowest BCUT2D eigenvalue weighted by molar-refractivity contribution is -0.116. The Balaban J connectivity index is 2.47. The largest absolute Gasteiger partial charge is 0.496 e. The predicted octanol–water partition coefficient (Wildman–Crippen LogP) is 3.09. The van der Waals surface area contributed by atoms with Crippen molar-refractivity contribution in [2.24, 2.45) is 0 Å². The average molecular weight is 233 g/mol. The second-order valence-corrected chi connectivity index (χ2v) is 4.81. The number of rotatable bonds is 2. The summed E-state index contributed by atoms with van der Waals surface area (Å²) in [5.41, 5.74) is 3.34. The normalized spacial score (nSPS) is 15.2. The van der Waals surface area contributed by atoms with Crippen molar-refractivity contribution in [3.05, 3.63) is 23.3 Å². The fourth-order valence-corrected chi connectivity index (χ4v) is 2.25. The van der Waals surface area contributed by atoms with E-state index >= 15 is 0 Å². The van der Waals surface area contributed by atoms with Gasteiger partial charge in [-0.15, -0.1) is 0 Å². The highest BCUT2D eigenvalue weighted by molar-refractivity contribution is 5.92. The van der Waals surface area contributed by atoms with Crippen molar-refractivity contribution in [1.29, 1.82) is 0 Å². The minimum atomic E-state index is 0.100. The first-order valence-corrected chi connectivity index (χ1v) is 6.12. The first-order valence-electron chi connectivity index (χ1n) is 6.12. The number of amides is 1. The van der Waals surface area contributed by atoms with Crippen molar-refractivity contribution in [3.63, 3.8) is 0 Å². The molecule has 0 radical (unpaired) electrons. The summed E-state index contributed by atoms with van der Waals surface area (Å²) >= 11 is 0. The number of ether oxygens (including phenoxy) is 1. The second-order valence-electron chi connectivity index (χ2n) is 4.81. The number of hydrogen-bond acceptors (Lipinski definition) is 2. The van der Waals surface area contributed by atoms with Gasteiger partial charge in [0.05, 0.1) is 7.11 Å². The van der Waals surface area contributed by atoms with E-state index in [1.807, 2.05) is 6.07 Å². The number of nitrogens with one attached hydrogen (secondary N) is 1. The third-order valence-electron chi connectivity index (χ3n) is 3.20. The van der Waals surface area contributed by atoms with Gasteiger partial charge in [-0.2, -0.15) is 0 Å². The molecule has 0 fully saturated rings. The zero-order valence-corrected chi connectivity index (χ0v) is 10.7. The van der Waals surface area contributed by atoms with E-state index in [0.29, 0.717) is 12.3 Å². The van der Waals surface area contributed by atoms with Crippen LogP contribution in [0.3, 0.4) is 0 Å². The number of hydrogen-bond donors (Lipinski definition) is 1. The summed E-state index contributed by atoms with van der Waals surface area (Å²) in [5.74, 6) is 1.39. The maximum atomic E-state index is 11.5. The lowest BCUT2D eigenvalue weighted by Gasteiger charge is -2.16. The van der Waals surface area contributed by atoms with Crippen LogP contribution >= 0.6 is 0 Å². The fraction of sp³-hybridized carbons (Fsp3) is 0.500. The zero-order valence-electron chi connectivity index (χ0n) is 10.7. The van der Waals surface area contributed by atoms with Crippen LogP contribution in [0.15, 0.2) is 12.1 Å². The van der Waals surface area contributed by atoms with E-state index in [4.69, 9.17) is 4.74 Å². The molecule has 1 aromatic rings. The van der Waals surface area contributed by atoms with Crippen molar-refractivity contribution in [2.75, 3.05) is 12.4 Å². The van der Waals surface area contributed by atoms with Crippen molar-refractivity contribution >= 4 is 11.6 Å². The van der Waals surface area contributed by atoms with Crippen molar-refractivity contribution in [2.45, 2.75) is 39.0 Å². The second kappa shape index (κ2) is 4.78. The molecule has 0 aromatic heterocycles. The molecule has 0 saturated carbocycles. The first-order chi connectivity index (χ1) is 8.11. The zero-order chi connectivity index (χ0) is 12.4. The number of methoxy groups -OCH3 is 1. The van der Waals surface area contributed by atoms with Gasteiger partial charge in [-0.05, 0) is 36.0 Å². The number of anilines is 1. The number of carbonyl (C=O) groups is 1. The molecule has 17 heavy (non-hydrogen) atoms. The van der Waals surface area contributed by atoms with Gasteiger partial charge in [0.25, 0.3) is 0 Å². The third-order valence-corrected chi connectivity index (χ3v) is 3.20. The number of carbonyl (C=O) groups excluding carboxylic acids is 1. The minimum absolute atomic E-state index is 0.100. The van der Waals surface area contributed by atoms with Crippen LogP contribution in [0.5, 0.6) is 5.75 Å². The number of benzene rings is 1. The Morgan fingerprint density at radius 3 is 2.71 bits per heavy atom. The first kappa shape index (κ1) is 12.0. The standard InChI is InChI=1S/C14H19NO2/c1-9(2)11-7-10-5-4-6-14(16)15-12(10)8-13(11)17-3/h7-9H,4-6H2,1-3H3,(H,15,16). The van der Waals surface area contributed by atoms with Gasteiger partial charge in [-0.3, -0.25) is 4.79 Å². The van der Waals surface area contributed by atoms with Gasteiger partial charge in [0, 0.05) is 18.2 Å². The van der Waals surface area contributed by atoms with Gasteiger partial charge >= 0.3 is 0 Å². The molecule has 0 unspecified atom stereocenters. The van der Waals surface area contributed by atoms with E-state index in [1.165, 1.54) is 11.1 Å². The van der Waals surface area contributed by atoms with Gasteiger partial charge in [0.1, 0.15) is 5.75 Å². The molecule has 1 N–H and O–H groups in total. The maximum Gasteiger partial charge on any atom is 0.224 e. The van der Waals surface area contributed by atoms with Gasteiger partial charge in [0.2, 0.25) is 5.91 Å². The Kier molecular flexibility index (Phi) is 3.36. The van der Waals surface area contributed by atoms with Crippen LogP contribution in [0, 0.1) is 0 Å². The van der Waals surface area contributed by atoms with E-state index < -0.39 is 0 Å². The molecule has 92 valence electrons. The van der Waals surface area contributed by atoms with Crippen molar-refractivity contribution < 1.29 is 9.53 Å². The van der Waals surface area contributed by atoms with Gasteiger partial charge in [0.15, 0.2) is 0 Å². The minimum Gasteiger partial charge on any atom is -0.496 e. The monoisotopic (exact) mass is 233 g/mol. The molecule has 1 aliphatic rings. The Morgan fingerprint density at radius 1 is 1.29 bits per heavy atom. The molecular formula is C14H19NO2. The fourth-order valence-electron chi connectivity index (χ4n) is 2.25. The maximum absolute atomic E-state index is 11.5. The summed E-state index contributed by atoms with van der Waals surface area (Å²) in [4.78, 5) is 11.5.